The molecule has 2 aliphatic rings. The Bertz CT molecular complexity index is 840. The largest absolute Gasteiger partial charge is 0.456 e. The summed E-state index contributed by atoms with van der Waals surface area (Å²) in [7, 11) is 0. The third-order valence-corrected chi connectivity index (χ3v) is 5.97. The van der Waals surface area contributed by atoms with Gasteiger partial charge in [-0.15, -0.1) is 11.8 Å². The first-order chi connectivity index (χ1) is 14.1. The number of thioether (sulfide) groups is 1. The minimum atomic E-state index is -0.199. The third-order valence-electron chi connectivity index (χ3n) is 4.95. The molecule has 29 heavy (non-hydrogen) atoms. The molecule has 1 aromatic heterocycles. The maximum atomic E-state index is 12.6. The highest BCUT2D eigenvalue weighted by atomic mass is 32.2. The van der Waals surface area contributed by atoms with E-state index in [1.54, 1.807) is 17.0 Å². The molecule has 2 saturated heterocycles. The second-order valence-corrected chi connectivity index (χ2v) is 8.28. The van der Waals surface area contributed by atoms with Crippen LogP contribution in [0.2, 0.25) is 0 Å². The van der Waals surface area contributed by atoms with E-state index in [2.05, 4.69) is 5.32 Å². The van der Waals surface area contributed by atoms with E-state index in [0.29, 0.717) is 43.6 Å². The van der Waals surface area contributed by atoms with Gasteiger partial charge in [0.25, 0.3) is 5.91 Å². The van der Waals surface area contributed by atoms with Crippen molar-refractivity contribution in [3.05, 3.63) is 54.0 Å². The zero-order valence-corrected chi connectivity index (χ0v) is 17.0. The van der Waals surface area contributed by atoms with Crippen LogP contribution in [-0.2, 0) is 14.3 Å². The van der Waals surface area contributed by atoms with Crippen LogP contribution < -0.4 is 5.32 Å². The van der Waals surface area contributed by atoms with Crippen LogP contribution >= 0.6 is 11.8 Å². The molecule has 2 aliphatic heterocycles. The predicted octanol–water partition coefficient (Wildman–Crippen LogP) is 2.10. The molecule has 0 unspecified atom stereocenters. The molecule has 8 heteroatoms. The highest BCUT2D eigenvalue weighted by Crippen LogP contribution is 2.23. The number of benzene rings is 1. The average molecular weight is 416 g/mol. The first kappa shape index (κ1) is 20.0. The Balaban J connectivity index is 1.24. The van der Waals surface area contributed by atoms with Gasteiger partial charge in [-0.2, -0.15) is 0 Å². The van der Waals surface area contributed by atoms with E-state index in [0.717, 1.165) is 4.90 Å². The average Bonchev–Trinajstić information content (AvgIpc) is 3.30. The summed E-state index contributed by atoms with van der Waals surface area (Å²) in [5, 5.41) is 2.98. The van der Waals surface area contributed by atoms with E-state index in [1.165, 1.54) is 11.8 Å². The number of furan rings is 1. The highest BCUT2D eigenvalue weighted by Gasteiger charge is 2.40. The third kappa shape index (κ3) is 5.01. The molecule has 0 bridgehead atoms. The smallest absolute Gasteiger partial charge is 0.289 e. The van der Waals surface area contributed by atoms with Crippen LogP contribution in [0.5, 0.6) is 0 Å². The number of likely N-dealkylation sites (tertiary alicyclic amines) is 1. The lowest BCUT2D eigenvalue weighted by Gasteiger charge is -2.18. The normalized spacial score (nSPS) is 22.2. The van der Waals surface area contributed by atoms with Gasteiger partial charge in [-0.1, -0.05) is 18.2 Å². The maximum absolute atomic E-state index is 12.6. The van der Waals surface area contributed by atoms with E-state index in [9.17, 15) is 9.59 Å². The van der Waals surface area contributed by atoms with Crippen molar-refractivity contribution in [1.82, 2.24) is 10.2 Å². The van der Waals surface area contributed by atoms with Gasteiger partial charge in [-0.05, 0) is 31.2 Å². The monoisotopic (exact) mass is 416 g/mol. The Morgan fingerprint density at radius 2 is 1.76 bits per heavy atom. The summed E-state index contributed by atoms with van der Waals surface area (Å²) >= 11 is 1.50. The van der Waals surface area contributed by atoms with E-state index in [4.69, 9.17) is 13.9 Å². The number of rotatable bonds is 5. The number of ether oxygens (including phenoxy) is 2. The SMILES string of the molecule is Cc1ccc(C(=O)N2C[C@@H]3OCC(NC(=O)CSc4ccccc4)CO[C@H]3C2)o1. The first-order valence-electron chi connectivity index (χ1n) is 9.64. The second kappa shape index (κ2) is 9.02. The van der Waals surface area contributed by atoms with Crippen LogP contribution in [0.3, 0.4) is 0 Å². The summed E-state index contributed by atoms with van der Waals surface area (Å²) in [5.41, 5.74) is 0. The molecule has 0 saturated carbocycles. The zero-order valence-electron chi connectivity index (χ0n) is 16.2. The lowest BCUT2D eigenvalue weighted by Crippen LogP contribution is -2.42. The number of nitrogens with zero attached hydrogens (tertiary/aromatic N) is 1. The highest BCUT2D eigenvalue weighted by molar-refractivity contribution is 8.00. The molecule has 2 atom stereocenters. The molecule has 0 spiro atoms. The zero-order chi connectivity index (χ0) is 20.2. The number of aryl methyl sites for hydroxylation is 1. The van der Waals surface area contributed by atoms with Gasteiger partial charge < -0.3 is 24.1 Å². The molecule has 0 radical (unpaired) electrons. The fourth-order valence-corrected chi connectivity index (χ4v) is 4.21. The minimum Gasteiger partial charge on any atom is -0.456 e. The van der Waals surface area contributed by atoms with Gasteiger partial charge in [0, 0.05) is 4.90 Å². The quantitative estimate of drug-likeness (QED) is 0.752. The molecule has 1 N–H and O–H groups in total. The summed E-state index contributed by atoms with van der Waals surface area (Å²) in [6.07, 6.45) is -0.397. The Hall–Kier alpha value is -2.29. The summed E-state index contributed by atoms with van der Waals surface area (Å²) < 4.78 is 17.3. The van der Waals surface area contributed by atoms with Gasteiger partial charge in [0.1, 0.15) is 18.0 Å². The van der Waals surface area contributed by atoms with Gasteiger partial charge >= 0.3 is 0 Å². The Kier molecular flexibility index (Phi) is 6.22. The summed E-state index contributed by atoms with van der Waals surface area (Å²) in [6, 6.07) is 13.1. The number of carbonyl (C=O) groups excluding carboxylic acids is 2. The maximum Gasteiger partial charge on any atom is 0.289 e. The summed E-state index contributed by atoms with van der Waals surface area (Å²) in [4.78, 5) is 27.5. The van der Waals surface area contributed by atoms with E-state index in [1.807, 2.05) is 37.3 Å². The Morgan fingerprint density at radius 1 is 1.07 bits per heavy atom. The molecule has 2 amide bonds. The Morgan fingerprint density at radius 3 is 2.38 bits per heavy atom. The van der Waals surface area contributed by atoms with Gasteiger partial charge in [-0.25, -0.2) is 0 Å². The summed E-state index contributed by atoms with van der Waals surface area (Å²) in [5.74, 6) is 1.19. The van der Waals surface area contributed by atoms with Gasteiger partial charge in [0.15, 0.2) is 5.76 Å². The molecular formula is C21H24N2O5S. The van der Waals surface area contributed by atoms with Crippen LogP contribution in [0.15, 0.2) is 51.8 Å². The van der Waals surface area contributed by atoms with Crippen LogP contribution in [0.4, 0.5) is 0 Å². The molecule has 7 nitrogen and oxygen atoms in total. The van der Waals surface area contributed by atoms with Crippen molar-refractivity contribution in [1.29, 1.82) is 0 Å². The number of carbonyl (C=O) groups is 2. The van der Waals surface area contributed by atoms with Crippen LogP contribution in [0, 0.1) is 6.92 Å². The molecule has 1 aromatic carbocycles. The van der Waals surface area contributed by atoms with Gasteiger partial charge in [0.05, 0.1) is 38.1 Å². The fourth-order valence-electron chi connectivity index (χ4n) is 3.48. The molecule has 3 heterocycles. The van der Waals surface area contributed by atoms with Crippen LogP contribution in [-0.4, -0.2) is 67.0 Å². The molecule has 4 rings (SSSR count). The lowest BCUT2D eigenvalue weighted by molar-refractivity contribution is -0.119. The van der Waals surface area contributed by atoms with Crippen LogP contribution in [0.25, 0.3) is 0 Å². The van der Waals surface area contributed by atoms with E-state index in [-0.39, 0.29) is 30.1 Å². The van der Waals surface area contributed by atoms with Crippen LogP contribution in [0.1, 0.15) is 16.3 Å². The molecular weight excluding hydrogens is 392 g/mol. The summed E-state index contributed by atoms with van der Waals surface area (Å²) in [6.45, 7) is 3.45. The second-order valence-electron chi connectivity index (χ2n) is 7.23. The fraction of sp³-hybridized carbons (Fsp3) is 0.429. The predicted molar refractivity (Wildman–Crippen MR) is 108 cm³/mol. The van der Waals surface area contributed by atoms with Crippen molar-refractivity contribution in [3.8, 4) is 0 Å². The molecule has 2 aromatic rings. The minimum absolute atomic E-state index is 0.0481. The first-order valence-corrected chi connectivity index (χ1v) is 10.6. The number of hydrogen-bond acceptors (Lipinski definition) is 6. The topological polar surface area (TPSA) is 81.0 Å². The van der Waals surface area contributed by atoms with Crippen molar-refractivity contribution >= 4 is 23.6 Å². The number of hydrogen-bond donors (Lipinski definition) is 1. The Labute approximate surface area is 173 Å². The van der Waals surface area contributed by atoms with E-state index >= 15 is 0 Å². The van der Waals surface area contributed by atoms with Crippen molar-refractivity contribution in [2.24, 2.45) is 0 Å². The van der Waals surface area contributed by atoms with Crippen molar-refractivity contribution in [3.63, 3.8) is 0 Å². The van der Waals surface area contributed by atoms with Gasteiger partial charge in [0.2, 0.25) is 5.91 Å². The molecule has 0 aliphatic carbocycles. The number of amides is 2. The van der Waals surface area contributed by atoms with Crippen molar-refractivity contribution in [2.45, 2.75) is 30.1 Å². The molecule has 154 valence electrons. The lowest BCUT2D eigenvalue weighted by atomic mass is 10.3. The van der Waals surface area contributed by atoms with Gasteiger partial charge in [-0.3, -0.25) is 9.59 Å². The standard InChI is InChI=1S/C21H24N2O5S/c1-14-7-8-17(28-14)21(25)23-9-18-19(10-23)27-12-15(11-26-18)22-20(24)13-29-16-5-3-2-4-6-16/h2-8,15,18-19H,9-13H2,1H3,(H,22,24)/t18-,19-/m0/s1. The number of nitrogens with one attached hydrogen (secondary N) is 1. The molecule has 2 fully saturated rings. The number of fused-ring (bicyclic) bond motifs is 1. The van der Waals surface area contributed by atoms with E-state index < -0.39 is 0 Å². The van der Waals surface area contributed by atoms with Crippen molar-refractivity contribution in [2.75, 3.05) is 32.1 Å². The van der Waals surface area contributed by atoms with Crippen molar-refractivity contribution < 1.29 is 23.5 Å².